The predicted molar refractivity (Wildman–Crippen MR) is 50.5 cm³/mol. The molecule has 0 fully saturated rings. The van der Waals surface area contributed by atoms with Gasteiger partial charge in [0.05, 0.1) is 5.38 Å². The molecule has 1 nitrogen and oxygen atoms in total. The first-order valence-corrected chi connectivity index (χ1v) is 4.41. The Bertz CT molecular complexity index is 312. The van der Waals surface area contributed by atoms with Gasteiger partial charge in [0, 0.05) is 0 Å². The van der Waals surface area contributed by atoms with Crippen LogP contribution in [0.5, 0.6) is 0 Å². The zero-order valence-corrected chi connectivity index (χ0v) is 8.01. The highest BCUT2D eigenvalue weighted by Gasteiger charge is 2.06. The highest BCUT2D eigenvalue weighted by molar-refractivity contribution is 6.27. The molecular weight excluding hydrogens is 191 g/mol. The van der Waals surface area contributed by atoms with Crippen molar-refractivity contribution in [3.63, 3.8) is 0 Å². The van der Waals surface area contributed by atoms with Crippen molar-refractivity contribution < 1.29 is 9.18 Å². The second-order valence-corrected chi connectivity index (χ2v) is 3.49. The third kappa shape index (κ3) is 2.81. The monoisotopic (exact) mass is 200 g/mol. The quantitative estimate of drug-likeness (QED) is 0.541. The minimum Gasteiger partial charge on any atom is -0.302 e. The Balaban J connectivity index is 2.83. The second kappa shape index (κ2) is 4.38. The minimum atomic E-state index is -0.524. The van der Waals surface area contributed by atoms with Crippen LogP contribution in [0, 0.1) is 12.7 Å². The average molecular weight is 201 g/mol. The SMILES string of the molecule is Cc1cc(F)ccc1CC(Cl)C=O. The van der Waals surface area contributed by atoms with Crippen molar-refractivity contribution in [2.24, 2.45) is 0 Å². The van der Waals surface area contributed by atoms with Gasteiger partial charge >= 0.3 is 0 Å². The third-order valence-corrected chi connectivity index (χ3v) is 2.12. The standard InChI is InChI=1S/C10H10ClFO/c1-7-4-10(12)3-2-8(7)5-9(11)6-13/h2-4,6,9H,5H2,1H3. The van der Waals surface area contributed by atoms with Crippen LogP contribution in [-0.4, -0.2) is 11.7 Å². The molecule has 0 N–H and O–H groups in total. The largest absolute Gasteiger partial charge is 0.302 e. The maximum absolute atomic E-state index is 12.7. The van der Waals surface area contributed by atoms with E-state index < -0.39 is 5.38 Å². The summed E-state index contributed by atoms with van der Waals surface area (Å²) in [5.41, 5.74) is 1.74. The Morgan fingerprint density at radius 3 is 2.85 bits per heavy atom. The Labute approximate surface area is 81.5 Å². The lowest BCUT2D eigenvalue weighted by Crippen LogP contribution is -2.05. The van der Waals surface area contributed by atoms with E-state index in [0.29, 0.717) is 12.7 Å². The molecule has 0 aliphatic rings. The first-order chi connectivity index (χ1) is 6.13. The van der Waals surface area contributed by atoms with E-state index in [1.54, 1.807) is 13.0 Å². The molecule has 0 heterocycles. The summed E-state index contributed by atoms with van der Waals surface area (Å²) in [7, 11) is 0. The molecule has 1 rings (SSSR count). The average Bonchev–Trinajstić information content (AvgIpc) is 2.09. The van der Waals surface area contributed by atoms with Gasteiger partial charge in [0.25, 0.3) is 0 Å². The molecule has 70 valence electrons. The summed E-state index contributed by atoms with van der Waals surface area (Å²) in [6.45, 7) is 1.80. The molecule has 0 amide bonds. The summed E-state index contributed by atoms with van der Waals surface area (Å²) in [5, 5.41) is -0.524. The number of rotatable bonds is 3. The summed E-state index contributed by atoms with van der Waals surface area (Å²) >= 11 is 5.65. The van der Waals surface area contributed by atoms with Gasteiger partial charge in [-0.15, -0.1) is 11.6 Å². The number of carbonyl (C=O) groups excluding carboxylic acids is 1. The highest BCUT2D eigenvalue weighted by atomic mass is 35.5. The van der Waals surface area contributed by atoms with Crippen molar-refractivity contribution in [2.45, 2.75) is 18.7 Å². The molecule has 3 heteroatoms. The van der Waals surface area contributed by atoms with Crippen LogP contribution in [-0.2, 0) is 11.2 Å². The third-order valence-electron chi connectivity index (χ3n) is 1.87. The van der Waals surface area contributed by atoms with Crippen molar-refractivity contribution in [1.82, 2.24) is 0 Å². The fraction of sp³-hybridized carbons (Fsp3) is 0.300. The van der Waals surface area contributed by atoms with Crippen LogP contribution in [0.1, 0.15) is 11.1 Å². The second-order valence-electron chi connectivity index (χ2n) is 2.93. The topological polar surface area (TPSA) is 17.1 Å². The number of carbonyl (C=O) groups is 1. The summed E-state index contributed by atoms with van der Waals surface area (Å²) in [6.07, 6.45) is 1.14. The zero-order chi connectivity index (χ0) is 9.84. The predicted octanol–water partition coefficient (Wildman–Crippen LogP) is 2.48. The smallest absolute Gasteiger partial charge is 0.138 e. The molecule has 1 unspecified atom stereocenters. The van der Waals surface area contributed by atoms with E-state index in [1.165, 1.54) is 12.1 Å². The normalized spacial score (nSPS) is 12.5. The van der Waals surface area contributed by atoms with Crippen molar-refractivity contribution in [3.05, 3.63) is 35.1 Å². The molecule has 1 atom stereocenters. The number of hydrogen-bond donors (Lipinski definition) is 0. The highest BCUT2D eigenvalue weighted by Crippen LogP contribution is 2.13. The van der Waals surface area contributed by atoms with Crippen LogP contribution in [0.3, 0.4) is 0 Å². The van der Waals surface area contributed by atoms with Crippen molar-refractivity contribution in [2.75, 3.05) is 0 Å². The van der Waals surface area contributed by atoms with E-state index >= 15 is 0 Å². The number of hydrogen-bond acceptors (Lipinski definition) is 1. The van der Waals surface area contributed by atoms with Gasteiger partial charge in [-0.1, -0.05) is 6.07 Å². The lowest BCUT2D eigenvalue weighted by Gasteiger charge is -2.05. The first kappa shape index (κ1) is 10.2. The van der Waals surface area contributed by atoms with Gasteiger partial charge in [-0.05, 0) is 36.6 Å². The fourth-order valence-electron chi connectivity index (χ4n) is 1.15. The Kier molecular flexibility index (Phi) is 3.43. The number of aryl methyl sites for hydroxylation is 1. The summed E-state index contributed by atoms with van der Waals surface area (Å²) in [6, 6.07) is 4.46. The molecule has 0 aromatic heterocycles. The Morgan fingerprint density at radius 2 is 2.31 bits per heavy atom. The van der Waals surface area contributed by atoms with E-state index in [4.69, 9.17) is 11.6 Å². The van der Waals surface area contributed by atoms with Gasteiger partial charge < -0.3 is 4.79 Å². The van der Waals surface area contributed by atoms with Crippen LogP contribution in [0.2, 0.25) is 0 Å². The number of halogens is 2. The van der Waals surface area contributed by atoms with Crippen LogP contribution < -0.4 is 0 Å². The Hall–Kier alpha value is -0.890. The number of alkyl halides is 1. The van der Waals surface area contributed by atoms with Crippen molar-refractivity contribution in [3.8, 4) is 0 Å². The number of benzene rings is 1. The van der Waals surface area contributed by atoms with Crippen LogP contribution in [0.25, 0.3) is 0 Å². The molecule has 0 aliphatic carbocycles. The maximum Gasteiger partial charge on any atom is 0.138 e. The van der Waals surface area contributed by atoms with Gasteiger partial charge in [0.15, 0.2) is 0 Å². The molecule has 0 saturated heterocycles. The Morgan fingerprint density at radius 1 is 1.62 bits per heavy atom. The molecule has 0 saturated carbocycles. The fourth-order valence-corrected chi connectivity index (χ4v) is 1.31. The molecule has 1 aromatic carbocycles. The summed E-state index contributed by atoms with van der Waals surface area (Å²) in [5.74, 6) is -0.265. The molecule has 1 aromatic rings. The lowest BCUT2D eigenvalue weighted by molar-refractivity contribution is -0.107. The van der Waals surface area contributed by atoms with E-state index in [1.807, 2.05) is 0 Å². The molecule has 0 aliphatic heterocycles. The van der Waals surface area contributed by atoms with Gasteiger partial charge in [-0.3, -0.25) is 0 Å². The minimum absolute atomic E-state index is 0.265. The van der Waals surface area contributed by atoms with Crippen LogP contribution in [0.15, 0.2) is 18.2 Å². The molecular formula is C10H10ClFO. The molecule has 0 spiro atoms. The molecule has 0 bridgehead atoms. The van der Waals surface area contributed by atoms with E-state index in [-0.39, 0.29) is 5.82 Å². The van der Waals surface area contributed by atoms with Crippen molar-refractivity contribution >= 4 is 17.9 Å². The first-order valence-electron chi connectivity index (χ1n) is 3.98. The molecule has 13 heavy (non-hydrogen) atoms. The van der Waals surface area contributed by atoms with Gasteiger partial charge in [0.2, 0.25) is 0 Å². The van der Waals surface area contributed by atoms with E-state index in [9.17, 15) is 9.18 Å². The van der Waals surface area contributed by atoms with Crippen molar-refractivity contribution in [1.29, 1.82) is 0 Å². The van der Waals surface area contributed by atoms with E-state index in [0.717, 1.165) is 11.1 Å². The van der Waals surface area contributed by atoms with E-state index in [2.05, 4.69) is 0 Å². The van der Waals surface area contributed by atoms with Gasteiger partial charge in [0.1, 0.15) is 12.1 Å². The van der Waals surface area contributed by atoms with Crippen LogP contribution in [0.4, 0.5) is 4.39 Å². The summed E-state index contributed by atoms with van der Waals surface area (Å²) in [4.78, 5) is 10.3. The lowest BCUT2D eigenvalue weighted by atomic mass is 10.0. The molecule has 0 radical (unpaired) electrons. The maximum atomic E-state index is 12.7. The van der Waals surface area contributed by atoms with Gasteiger partial charge in [-0.2, -0.15) is 0 Å². The summed E-state index contributed by atoms with van der Waals surface area (Å²) < 4.78 is 12.7. The van der Waals surface area contributed by atoms with Crippen LogP contribution >= 0.6 is 11.6 Å². The van der Waals surface area contributed by atoms with Gasteiger partial charge in [-0.25, -0.2) is 4.39 Å². The number of aldehydes is 1. The zero-order valence-electron chi connectivity index (χ0n) is 7.26.